The molecule has 0 unspecified atom stereocenters. The molecule has 4 nitrogen and oxygen atoms in total. The molecule has 0 radical (unpaired) electrons. The smallest absolute Gasteiger partial charge is 0.118 e. The van der Waals surface area contributed by atoms with Crippen LogP contribution in [0.4, 0.5) is 11.4 Å². The number of methoxy groups -OCH3 is 1. The van der Waals surface area contributed by atoms with Gasteiger partial charge in [-0.2, -0.15) is 0 Å². The maximum atomic E-state index is 6.24. The Bertz CT molecular complexity index is 803. The summed E-state index contributed by atoms with van der Waals surface area (Å²) >= 11 is 3.44. The number of aromatic nitrogens is 1. The number of hydrogen-bond acceptors (Lipinski definition) is 4. The Hall–Kier alpha value is -2.27. The standard InChI is InChI=1S/C17H16BrN3O/c1-22-13-5-2-11(3-6-13)9-20-16-10-21-15-8-12(18)4-7-14(15)17(16)19/h2-8,10,20H,9H2,1H3,(H2,19,21). The molecule has 0 aliphatic carbocycles. The van der Waals surface area contributed by atoms with Crippen LogP contribution in [0, 0.1) is 0 Å². The average Bonchev–Trinajstić information content (AvgIpc) is 2.54. The zero-order valence-corrected chi connectivity index (χ0v) is 13.7. The number of rotatable bonds is 4. The highest BCUT2D eigenvalue weighted by atomic mass is 79.9. The normalized spacial score (nSPS) is 10.6. The lowest BCUT2D eigenvalue weighted by Crippen LogP contribution is -2.03. The van der Waals surface area contributed by atoms with E-state index < -0.39 is 0 Å². The molecule has 5 heteroatoms. The second kappa shape index (κ2) is 6.23. The molecule has 0 aliphatic heterocycles. The van der Waals surface area contributed by atoms with Crippen LogP contribution in [0.1, 0.15) is 5.56 Å². The van der Waals surface area contributed by atoms with Crippen molar-refractivity contribution in [3.8, 4) is 5.75 Å². The van der Waals surface area contributed by atoms with E-state index in [4.69, 9.17) is 10.5 Å². The number of nitrogens with two attached hydrogens (primary N) is 1. The zero-order chi connectivity index (χ0) is 15.5. The fourth-order valence-electron chi connectivity index (χ4n) is 2.27. The lowest BCUT2D eigenvalue weighted by molar-refractivity contribution is 0.414. The molecular weight excluding hydrogens is 342 g/mol. The van der Waals surface area contributed by atoms with Crippen molar-refractivity contribution < 1.29 is 4.74 Å². The van der Waals surface area contributed by atoms with Gasteiger partial charge in [0, 0.05) is 16.4 Å². The molecule has 0 fully saturated rings. The molecule has 0 amide bonds. The maximum Gasteiger partial charge on any atom is 0.118 e. The molecule has 3 N–H and O–H groups in total. The fourth-order valence-corrected chi connectivity index (χ4v) is 2.62. The van der Waals surface area contributed by atoms with Gasteiger partial charge in [-0.05, 0) is 35.9 Å². The fraction of sp³-hybridized carbons (Fsp3) is 0.118. The molecule has 3 aromatic rings. The van der Waals surface area contributed by atoms with Gasteiger partial charge in [0.25, 0.3) is 0 Å². The first-order chi connectivity index (χ1) is 10.7. The molecule has 112 valence electrons. The minimum Gasteiger partial charge on any atom is -0.497 e. The SMILES string of the molecule is COc1ccc(CNc2cnc3cc(Br)ccc3c2N)cc1. The molecule has 3 rings (SSSR count). The summed E-state index contributed by atoms with van der Waals surface area (Å²) < 4.78 is 6.15. The summed E-state index contributed by atoms with van der Waals surface area (Å²) in [5, 5.41) is 4.28. The van der Waals surface area contributed by atoms with E-state index in [1.165, 1.54) is 0 Å². The monoisotopic (exact) mass is 357 g/mol. The Balaban J connectivity index is 1.81. The van der Waals surface area contributed by atoms with Gasteiger partial charge in [0.1, 0.15) is 5.75 Å². The number of nitrogens with zero attached hydrogens (tertiary/aromatic N) is 1. The van der Waals surface area contributed by atoms with E-state index in [-0.39, 0.29) is 0 Å². The topological polar surface area (TPSA) is 60.2 Å². The third-order valence-corrected chi connectivity index (χ3v) is 4.01. The number of pyridine rings is 1. The van der Waals surface area contributed by atoms with Crippen molar-refractivity contribution in [3.63, 3.8) is 0 Å². The highest BCUT2D eigenvalue weighted by molar-refractivity contribution is 9.10. The van der Waals surface area contributed by atoms with Gasteiger partial charge in [0.05, 0.1) is 30.2 Å². The Morgan fingerprint density at radius 1 is 1.18 bits per heavy atom. The van der Waals surface area contributed by atoms with Crippen LogP contribution in [0.3, 0.4) is 0 Å². The van der Waals surface area contributed by atoms with Gasteiger partial charge in [0.2, 0.25) is 0 Å². The van der Waals surface area contributed by atoms with Gasteiger partial charge in [-0.25, -0.2) is 0 Å². The first-order valence-corrected chi connectivity index (χ1v) is 7.67. The number of nitrogen functional groups attached to an aromatic ring is 1. The van der Waals surface area contributed by atoms with Gasteiger partial charge >= 0.3 is 0 Å². The summed E-state index contributed by atoms with van der Waals surface area (Å²) in [6.45, 7) is 0.678. The molecule has 0 spiro atoms. The lowest BCUT2D eigenvalue weighted by atomic mass is 10.1. The maximum absolute atomic E-state index is 6.24. The van der Waals surface area contributed by atoms with Crippen LogP contribution < -0.4 is 15.8 Å². The van der Waals surface area contributed by atoms with Crippen molar-refractivity contribution in [2.45, 2.75) is 6.54 Å². The summed E-state index contributed by atoms with van der Waals surface area (Å²) in [6, 6.07) is 13.8. The highest BCUT2D eigenvalue weighted by Crippen LogP contribution is 2.29. The summed E-state index contributed by atoms with van der Waals surface area (Å²) in [6.07, 6.45) is 1.77. The second-order valence-electron chi connectivity index (χ2n) is 4.95. The van der Waals surface area contributed by atoms with Gasteiger partial charge in [-0.3, -0.25) is 4.98 Å². The van der Waals surface area contributed by atoms with E-state index in [0.29, 0.717) is 12.2 Å². The van der Waals surface area contributed by atoms with Crippen LogP contribution in [0.25, 0.3) is 10.9 Å². The number of nitrogens with one attached hydrogen (secondary N) is 1. The highest BCUT2D eigenvalue weighted by Gasteiger charge is 2.06. The van der Waals surface area contributed by atoms with Crippen LogP contribution in [-0.4, -0.2) is 12.1 Å². The molecule has 0 bridgehead atoms. The summed E-state index contributed by atoms with van der Waals surface area (Å²) in [4.78, 5) is 4.45. The Morgan fingerprint density at radius 3 is 2.68 bits per heavy atom. The minimum atomic E-state index is 0.678. The molecule has 0 atom stereocenters. The first kappa shape index (κ1) is 14.7. The molecule has 0 saturated heterocycles. The largest absolute Gasteiger partial charge is 0.497 e. The number of fused-ring (bicyclic) bond motifs is 1. The summed E-state index contributed by atoms with van der Waals surface area (Å²) in [7, 11) is 1.66. The number of hydrogen-bond donors (Lipinski definition) is 2. The van der Waals surface area contributed by atoms with E-state index in [9.17, 15) is 0 Å². The van der Waals surface area contributed by atoms with E-state index in [1.807, 2.05) is 42.5 Å². The van der Waals surface area contributed by atoms with Crippen molar-refractivity contribution in [2.75, 3.05) is 18.2 Å². The van der Waals surface area contributed by atoms with E-state index >= 15 is 0 Å². The van der Waals surface area contributed by atoms with Crippen molar-refractivity contribution >= 4 is 38.2 Å². The van der Waals surface area contributed by atoms with Crippen molar-refractivity contribution in [1.82, 2.24) is 4.98 Å². The van der Waals surface area contributed by atoms with Gasteiger partial charge < -0.3 is 15.8 Å². The first-order valence-electron chi connectivity index (χ1n) is 6.88. The molecule has 2 aromatic carbocycles. The molecular formula is C17H16BrN3O. The number of halogens is 1. The Kier molecular flexibility index (Phi) is 4.15. The Morgan fingerprint density at radius 2 is 1.95 bits per heavy atom. The van der Waals surface area contributed by atoms with E-state index in [0.717, 1.165) is 32.4 Å². The van der Waals surface area contributed by atoms with Crippen LogP contribution in [-0.2, 0) is 6.54 Å². The third-order valence-electron chi connectivity index (χ3n) is 3.51. The van der Waals surface area contributed by atoms with Crippen molar-refractivity contribution in [1.29, 1.82) is 0 Å². The molecule has 22 heavy (non-hydrogen) atoms. The van der Waals surface area contributed by atoms with Crippen LogP contribution in [0.15, 0.2) is 53.1 Å². The van der Waals surface area contributed by atoms with Crippen LogP contribution in [0.5, 0.6) is 5.75 Å². The van der Waals surface area contributed by atoms with Crippen LogP contribution in [0.2, 0.25) is 0 Å². The molecule has 0 aliphatic rings. The van der Waals surface area contributed by atoms with E-state index in [1.54, 1.807) is 13.3 Å². The van der Waals surface area contributed by atoms with Crippen LogP contribution >= 0.6 is 15.9 Å². The average molecular weight is 358 g/mol. The quantitative estimate of drug-likeness (QED) is 0.734. The van der Waals surface area contributed by atoms with Gasteiger partial charge in [-0.15, -0.1) is 0 Å². The number of anilines is 2. The van der Waals surface area contributed by atoms with Crippen molar-refractivity contribution in [2.24, 2.45) is 0 Å². The molecule has 1 aromatic heterocycles. The third kappa shape index (κ3) is 2.99. The summed E-state index contributed by atoms with van der Waals surface area (Å²) in [5.41, 5.74) is 9.82. The molecule has 1 heterocycles. The Labute approximate surface area is 137 Å². The second-order valence-corrected chi connectivity index (χ2v) is 5.86. The predicted molar refractivity (Wildman–Crippen MR) is 94.2 cm³/mol. The number of benzene rings is 2. The van der Waals surface area contributed by atoms with Crippen molar-refractivity contribution in [3.05, 3.63) is 58.7 Å². The number of ether oxygens (including phenoxy) is 1. The predicted octanol–water partition coefficient (Wildman–Crippen LogP) is 4.20. The zero-order valence-electron chi connectivity index (χ0n) is 12.1. The summed E-state index contributed by atoms with van der Waals surface area (Å²) in [5.74, 6) is 0.848. The van der Waals surface area contributed by atoms with Gasteiger partial charge in [-0.1, -0.05) is 28.1 Å². The minimum absolute atomic E-state index is 0.678. The lowest BCUT2D eigenvalue weighted by Gasteiger charge is -2.11. The van der Waals surface area contributed by atoms with E-state index in [2.05, 4.69) is 26.2 Å². The van der Waals surface area contributed by atoms with Gasteiger partial charge in [0.15, 0.2) is 0 Å². The molecule has 0 saturated carbocycles.